The maximum absolute atomic E-state index is 13.4. The van der Waals surface area contributed by atoms with Crippen LogP contribution in [-0.4, -0.2) is 24.1 Å². The first kappa shape index (κ1) is 15.8. The van der Waals surface area contributed by atoms with E-state index >= 15 is 0 Å². The number of methoxy groups -OCH3 is 1. The Morgan fingerprint density at radius 3 is 2.33 bits per heavy atom. The van der Waals surface area contributed by atoms with Crippen LogP contribution in [0.2, 0.25) is 10.0 Å². The second-order valence-electron chi connectivity index (χ2n) is 4.12. The average molecular weight is 331 g/mol. The predicted molar refractivity (Wildman–Crippen MR) is 82.0 cm³/mol. The summed E-state index contributed by atoms with van der Waals surface area (Å²) in [5.74, 6) is 0.993. The molecule has 2 aromatic rings. The molecule has 0 aliphatic heterocycles. The SMILES string of the molecule is CNc1cc(Nc2cc(Cl)c(F)c(Cl)c2)nc(COC)n1. The van der Waals surface area contributed by atoms with Crippen LogP contribution in [0.25, 0.3) is 0 Å². The number of hydrogen-bond acceptors (Lipinski definition) is 5. The van der Waals surface area contributed by atoms with E-state index in [4.69, 9.17) is 27.9 Å². The van der Waals surface area contributed by atoms with E-state index < -0.39 is 5.82 Å². The van der Waals surface area contributed by atoms with Gasteiger partial charge in [0.2, 0.25) is 0 Å². The van der Waals surface area contributed by atoms with Crippen LogP contribution in [-0.2, 0) is 11.3 Å². The fourth-order valence-electron chi connectivity index (χ4n) is 1.66. The molecule has 0 radical (unpaired) electrons. The highest BCUT2D eigenvalue weighted by molar-refractivity contribution is 6.35. The van der Waals surface area contributed by atoms with Crippen LogP contribution in [0.1, 0.15) is 5.82 Å². The third kappa shape index (κ3) is 3.93. The van der Waals surface area contributed by atoms with Gasteiger partial charge in [0.25, 0.3) is 0 Å². The summed E-state index contributed by atoms with van der Waals surface area (Å²) < 4.78 is 18.4. The lowest BCUT2D eigenvalue weighted by molar-refractivity contribution is 0.178. The third-order valence-electron chi connectivity index (χ3n) is 2.56. The Balaban J connectivity index is 2.32. The zero-order chi connectivity index (χ0) is 15.4. The van der Waals surface area contributed by atoms with Crippen molar-refractivity contribution in [3.8, 4) is 0 Å². The van der Waals surface area contributed by atoms with Gasteiger partial charge >= 0.3 is 0 Å². The molecule has 0 bridgehead atoms. The van der Waals surface area contributed by atoms with Crippen molar-refractivity contribution >= 4 is 40.5 Å². The van der Waals surface area contributed by atoms with E-state index in [1.54, 1.807) is 20.2 Å². The first-order valence-electron chi connectivity index (χ1n) is 5.99. The van der Waals surface area contributed by atoms with Gasteiger partial charge in [-0.2, -0.15) is 0 Å². The molecule has 0 unspecified atom stereocenters. The van der Waals surface area contributed by atoms with Crippen molar-refractivity contribution in [3.63, 3.8) is 0 Å². The van der Waals surface area contributed by atoms with Crippen molar-refractivity contribution in [1.82, 2.24) is 9.97 Å². The maximum Gasteiger partial charge on any atom is 0.160 e. The summed E-state index contributed by atoms with van der Waals surface area (Å²) in [6, 6.07) is 4.56. The molecule has 1 heterocycles. The van der Waals surface area contributed by atoms with Gasteiger partial charge < -0.3 is 15.4 Å². The van der Waals surface area contributed by atoms with Crippen molar-refractivity contribution in [3.05, 3.63) is 39.9 Å². The first-order valence-corrected chi connectivity index (χ1v) is 6.75. The van der Waals surface area contributed by atoms with Crippen molar-refractivity contribution in [2.75, 3.05) is 24.8 Å². The van der Waals surface area contributed by atoms with Crippen LogP contribution in [0, 0.1) is 5.82 Å². The van der Waals surface area contributed by atoms with E-state index in [1.165, 1.54) is 12.1 Å². The Kier molecular flexibility index (Phi) is 5.17. The quantitative estimate of drug-likeness (QED) is 0.815. The fourth-order valence-corrected chi connectivity index (χ4v) is 2.15. The van der Waals surface area contributed by atoms with Crippen molar-refractivity contribution in [2.45, 2.75) is 6.61 Å². The number of ether oxygens (including phenoxy) is 1. The fraction of sp³-hybridized carbons (Fsp3) is 0.231. The summed E-state index contributed by atoms with van der Waals surface area (Å²) in [5.41, 5.74) is 0.524. The lowest BCUT2D eigenvalue weighted by Gasteiger charge is -2.10. The number of nitrogens with one attached hydrogen (secondary N) is 2. The monoisotopic (exact) mass is 330 g/mol. The average Bonchev–Trinajstić information content (AvgIpc) is 2.44. The van der Waals surface area contributed by atoms with Gasteiger partial charge in [-0.25, -0.2) is 14.4 Å². The Morgan fingerprint density at radius 2 is 1.76 bits per heavy atom. The smallest absolute Gasteiger partial charge is 0.160 e. The summed E-state index contributed by atoms with van der Waals surface area (Å²) in [5, 5.41) is 5.80. The molecule has 0 fully saturated rings. The summed E-state index contributed by atoms with van der Waals surface area (Å²) in [6.07, 6.45) is 0. The highest BCUT2D eigenvalue weighted by Crippen LogP contribution is 2.29. The summed E-state index contributed by atoms with van der Waals surface area (Å²) in [6.45, 7) is 0.273. The topological polar surface area (TPSA) is 59.1 Å². The molecule has 8 heteroatoms. The standard InChI is InChI=1S/C13H13Cl2FN4O/c1-17-10-5-11(20-12(19-10)6-21-2)18-7-3-8(14)13(16)9(15)4-7/h3-5H,6H2,1-2H3,(H2,17,18,19,20). The molecule has 0 saturated carbocycles. The van der Waals surface area contributed by atoms with E-state index in [0.29, 0.717) is 23.1 Å². The second-order valence-corrected chi connectivity index (χ2v) is 4.93. The Hall–Kier alpha value is -1.63. The lowest BCUT2D eigenvalue weighted by Crippen LogP contribution is -2.04. The van der Waals surface area contributed by atoms with Crippen LogP contribution in [0.5, 0.6) is 0 Å². The number of rotatable bonds is 5. The third-order valence-corrected chi connectivity index (χ3v) is 3.11. The molecular formula is C13H13Cl2FN4O. The van der Waals surface area contributed by atoms with E-state index in [0.717, 1.165) is 0 Å². The van der Waals surface area contributed by atoms with Gasteiger partial charge in [-0.1, -0.05) is 23.2 Å². The van der Waals surface area contributed by atoms with Crippen molar-refractivity contribution in [2.24, 2.45) is 0 Å². The molecule has 5 nitrogen and oxygen atoms in total. The van der Waals surface area contributed by atoms with E-state index in [-0.39, 0.29) is 16.7 Å². The van der Waals surface area contributed by atoms with Crippen LogP contribution in [0.4, 0.5) is 21.7 Å². The molecule has 0 amide bonds. The Labute approximate surface area is 131 Å². The minimum Gasteiger partial charge on any atom is -0.377 e. The molecule has 0 atom stereocenters. The highest BCUT2D eigenvalue weighted by atomic mass is 35.5. The van der Waals surface area contributed by atoms with E-state index in [9.17, 15) is 4.39 Å². The minimum absolute atomic E-state index is 0.0648. The molecule has 1 aromatic heterocycles. The molecular weight excluding hydrogens is 318 g/mol. The Bertz CT molecular complexity index is 631. The minimum atomic E-state index is -0.650. The largest absolute Gasteiger partial charge is 0.377 e. The number of hydrogen-bond donors (Lipinski definition) is 2. The van der Waals surface area contributed by atoms with Gasteiger partial charge in [0, 0.05) is 25.9 Å². The molecule has 0 spiro atoms. The predicted octanol–water partition coefficient (Wildman–Crippen LogP) is 3.85. The molecule has 21 heavy (non-hydrogen) atoms. The number of halogens is 3. The second kappa shape index (κ2) is 6.89. The molecule has 112 valence electrons. The molecule has 0 saturated heterocycles. The number of aromatic nitrogens is 2. The molecule has 1 aromatic carbocycles. The molecule has 2 N–H and O–H groups in total. The first-order chi connectivity index (χ1) is 10.0. The van der Waals surface area contributed by atoms with Gasteiger partial charge in [-0.05, 0) is 12.1 Å². The van der Waals surface area contributed by atoms with Crippen LogP contribution in [0.3, 0.4) is 0 Å². The van der Waals surface area contributed by atoms with Crippen LogP contribution < -0.4 is 10.6 Å². The zero-order valence-electron chi connectivity index (χ0n) is 11.4. The normalized spacial score (nSPS) is 10.5. The summed E-state index contributed by atoms with van der Waals surface area (Å²) in [7, 11) is 3.30. The van der Waals surface area contributed by atoms with Crippen molar-refractivity contribution < 1.29 is 9.13 Å². The number of anilines is 3. The molecule has 0 aliphatic carbocycles. The molecule has 2 rings (SSSR count). The van der Waals surface area contributed by atoms with Gasteiger partial charge in [0.05, 0.1) is 10.0 Å². The summed E-state index contributed by atoms with van der Waals surface area (Å²) in [4.78, 5) is 8.51. The lowest BCUT2D eigenvalue weighted by atomic mass is 10.3. The number of benzene rings is 1. The highest BCUT2D eigenvalue weighted by Gasteiger charge is 2.09. The maximum atomic E-state index is 13.4. The van der Waals surface area contributed by atoms with Gasteiger partial charge in [0.15, 0.2) is 11.6 Å². The van der Waals surface area contributed by atoms with Gasteiger partial charge in [-0.15, -0.1) is 0 Å². The van der Waals surface area contributed by atoms with E-state index in [1.807, 2.05) is 0 Å². The molecule has 0 aliphatic rings. The van der Waals surface area contributed by atoms with Crippen LogP contribution >= 0.6 is 23.2 Å². The van der Waals surface area contributed by atoms with Gasteiger partial charge in [0.1, 0.15) is 18.2 Å². The number of nitrogens with zero attached hydrogens (tertiary/aromatic N) is 2. The van der Waals surface area contributed by atoms with Gasteiger partial charge in [-0.3, -0.25) is 0 Å². The zero-order valence-corrected chi connectivity index (χ0v) is 12.9. The van der Waals surface area contributed by atoms with Crippen molar-refractivity contribution in [1.29, 1.82) is 0 Å². The van der Waals surface area contributed by atoms with Crippen LogP contribution in [0.15, 0.2) is 18.2 Å². The summed E-state index contributed by atoms with van der Waals surface area (Å²) >= 11 is 11.5. The Morgan fingerprint density at radius 1 is 1.14 bits per heavy atom. The van der Waals surface area contributed by atoms with E-state index in [2.05, 4.69) is 20.6 Å².